The molecule has 0 radical (unpaired) electrons. The number of hydrogen-bond acceptors (Lipinski definition) is 8. The quantitative estimate of drug-likeness (QED) is 0.214. The summed E-state index contributed by atoms with van der Waals surface area (Å²) in [5.74, 6) is -1.92. The van der Waals surface area contributed by atoms with Crippen LogP contribution in [0.25, 0.3) is 0 Å². The highest BCUT2D eigenvalue weighted by atomic mass is 16.5. The third-order valence-electron chi connectivity index (χ3n) is 4.13. The Labute approximate surface area is 153 Å². The molecule has 3 unspecified atom stereocenters. The maximum absolute atomic E-state index is 12.3. The van der Waals surface area contributed by atoms with E-state index in [0.717, 1.165) is 19.1 Å². The number of carbonyl (C=O) groups is 2. The molecule has 8 nitrogen and oxygen atoms in total. The zero-order chi connectivity index (χ0) is 19.4. The minimum atomic E-state index is -1.12. The fraction of sp³-hybridized carbons (Fsp3) is 0.667. The van der Waals surface area contributed by atoms with Crippen LogP contribution in [0, 0.1) is 11.8 Å². The largest absolute Gasteiger partial charge is 0.512 e. The molecule has 3 N–H and O–H groups in total. The molecule has 1 fully saturated rings. The van der Waals surface area contributed by atoms with Crippen LogP contribution in [0.15, 0.2) is 24.7 Å². The molecule has 0 spiro atoms. The topological polar surface area (TPSA) is 123 Å². The van der Waals surface area contributed by atoms with Crippen molar-refractivity contribution in [2.45, 2.75) is 38.2 Å². The maximum Gasteiger partial charge on any atom is 0.309 e. The predicted octanol–water partition coefficient (Wildman–Crippen LogP) is 1.22. The first-order valence-corrected chi connectivity index (χ1v) is 8.75. The summed E-state index contributed by atoms with van der Waals surface area (Å²) < 4.78 is 15.4. The fourth-order valence-electron chi connectivity index (χ4n) is 2.71. The average molecular weight is 372 g/mol. The Morgan fingerprint density at radius 3 is 2.19 bits per heavy atom. The van der Waals surface area contributed by atoms with E-state index in [-0.39, 0.29) is 25.6 Å². The average Bonchev–Trinajstić information content (AvgIpc) is 2.68. The smallest absolute Gasteiger partial charge is 0.309 e. The Kier molecular flexibility index (Phi) is 10.4. The van der Waals surface area contributed by atoms with Gasteiger partial charge in [-0.15, -0.1) is 0 Å². The first kappa shape index (κ1) is 22.0. The van der Waals surface area contributed by atoms with Crippen molar-refractivity contribution in [2.75, 3.05) is 26.4 Å². The summed E-state index contributed by atoms with van der Waals surface area (Å²) in [7, 11) is 0. The van der Waals surface area contributed by atoms with E-state index in [0.29, 0.717) is 19.3 Å². The van der Waals surface area contributed by atoms with Gasteiger partial charge in [-0.1, -0.05) is 19.4 Å². The highest BCUT2D eigenvalue weighted by Gasteiger charge is 2.38. The molecule has 1 saturated carbocycles. The van der Waals surface area contributed by atoms with Gasteiger partial charge in [0.25, 0.3) is 0 Å². The van der Waals surface area contributed by atoms with Crippen LogP contribution < -0.4 is 0 Å². The van der Waals surface area contributed by atoms with Crippen LogP contribution in [-0.4, -0.2) is 59.8 Å². The number of carbonyl (C=O) groups excluding carboxylic acids is 2. The number of aliphatic hydroxyl groups is 3. The molecule has 0 aliphatic heterocycles. The molecular formula is C18H28O8. The van der Waals surface area contributed by atoms with Crippen LogP contribution in [0.2, 0.25) is 0 Å². The van der Waals surface area contributed by atoms with Crippen LogP contribution in [0.4, 0.5) is 0 Å². The van der Waals surface area contributed by atoms with Gasteiger partial charge in [0.1, 0.15) is 19.0 Å². The lowest BCUT2D eigenvalue weighted by Crippen LogP contribution is -2.36. The summed E-state index contributed by atoms with van der Waals surface area (Å²) in [6.45, 7) is 3.06. The van der Waals surface area contributed by atoms with E-state index < -0.39 is 36.5 Å². The molecule has 0 heterocycles. The lowest BCUT2D eigenvalue weighted by atomic mass is 9.79. The highest BCUT2D eigenvalue weighted by molar-refractivity contribution is 5.82. The minimum Gasteiger partial charge on any atom is -0.512 e. The van der Waals surface area contributed by atoms with Gasteiger partial charge in [-0.3, -0.25) is 9.59 Å². The molecule has 26 heavy (non-hydrogen) atoms. The fourth-order valence-corrected chi connectivity index (χ4v) is 2.71. The summed E-state index contributed by atoms with van der Waals surface area (Å²) >= 11 is 0. The van der Waals surface area contributed by atoms with Crippen LogP contribution >= 0.6 is 0 Å². The Hall–Kier alpha value is -2.06. The van der Waals surface area contributed by atoms with Crippen LogP contribution in [0.5, 0.6) is 0 Å². The second kappa shape index (κ2) is 12.3. The molecule has 3 atom stereocenters. The van der Waals surface area contributed by atoms with Crippen molar-refractivity contribution >= 4 is 11.9 Å². The van der Waals surface area contributed by atoms with Gasteiger partial charge in [0.15, 0.2) is 5.76 Å². The van der Waals surface area contributed by atoms with E-state index in [2.05, 4.69) is 6.58 Å². The van der Waals surface area contributed by atoms with E-state index >= 15 is 0 Å². The Morgan fingerprint density at radius 2 is 1.65 bits per heavy atom. The van der Waals surface area contributed by atoms with E-state index in [4.69, 9.17) is 24.4 Å². The first-order chi connectivity index (χ1) is 12.5. The maximum atomic E-state index is 12.3. The molecule has 148 valence electrons. The zero-order valence-corrected chi connectivity index (χ0v) is 14.8. The monoisotopic (exact) mass is 372 g/mol. The number of allylic oxidation sites excluding steroid dienone is 1. The van der Waals surface area contributed by atoms with Gasteiger partial charge >= 0.3 is 11.9 Å². The summed E-state index contributed by atoms with van der Waals surface area (Å²) in [5.41, 5.74) is 0. The number of rotatable bonds is 11. The molecule has 0 bridgehead atoms. The van der Waals surface area contributed by atoms with E-state index in [1.165, 1.54) is 6.08 Å². The second-order valence-electron chi connectivity index (χ2n) is 6.07. The summed E-state index contributed by atoms with van der Waals surface area (Å²) in [6.07, 6.45) is 4.19. The standard InChI is InChI=1S/C18H28O8/c1-2-14(11-20)24-8-5-9-25-17(22)15-6-3-4-7-16(15)18(23)26-12-13(21)10-19/h2,11,13,15-16,19-21H,1,3-10,12H2/b14-11+. The van der Waals surface area contributed by atoms with Crippen LogP contribution in [0.3, 0.4) is 0 Å². The predicted molar refractivity (Wildman–Crippen MR) is 91.9 cm³/mol. The van der Waals surface area contributed by atoms with Crippen LogP contribution in [-0.2, 0) is 23.8 Å². The summed E-state index contributed by atoms with van der Waals surface area (Å²) in [4.78, 5) is 24.5. The van der Waals surface area contributed by atoms with Gasteiger partial charge < -0.3 is 29.5 Å². The summed E-state index contributed by atoms with van der Waals surface area (Å²) in [5, 5.41) is 26.8. The third kappa shape index (κ3) is 7.45. The molecule has 0 saturated heterocycles. The van der Waals surface area contributed by atoms with Gasteiger partial charge in [0.2, 0.25) is 0 Å². The van der Waals surface area contributed by atoms with Gasteiger partial charge in [-0.25, -0.2) is 0 Å². The van der Waals surface area contributed by atoms with Gasteiger partial charge in [-0.2, -0.15) is 0 Å². The highest BCUT2D eigenvalue weighted by Crippen LogP contribution is 2.32. The molecule has 1 aliphatic carbocycles. The van der Waals surface area contributed by atoms with Crippen molar-refractivity contribution in [3.63, 3.8) is 0 Å². The molecule has 1 rings (SSSR count). The van der Waals surface area contributed by atoms with Crippen molar-refractivity contribution in [1.29, 1.82) is 0 Å². The number of ether oxygens (including phenoxy) is 3. The number of esters is 2. The van der Waals surface area contributed by atoms with E-state index in [9.17, 15) is 14.7 Å². The second-order valence-corrected chi connectivity index (χ2v) is 6.07. The molecule has 0 aromatic rings. The SMILES string of the molecule is C=C/C(=C\O)OCCCOC(=O)C1CCCCC1C(=O)OCC(O)CO. The molecular weight excluding hydrogens is 344 g/mol. The van der Waals surface area contributed by atoms with Crippen molar-refractivity contribution < 1.29 is 39.1 Å². The van der Waals surface area contributed by atoms with E-state index in [1.54, 1.807) is 0 Å². The van der Waals surface area contributed by atoms with E-state index in [1.807, 2.05) is 0 Å². The Morgan fingerprint density at radius 1 is 1.08 bits per heavy atom. The third-order valence-corrected chi connectivity index (χ3v) is 4.13. The first-order valence-electron chi connectivity index (χ1n) is 8.75. The molecule has 1 aliphatic rings. The van der Waals surface area contributed by atoms with Gasteiger partial charge in [0, 0.05) is 6.42 Å². The van der Waals surface area contributed by atoms with Gasteiger partial charge in [0.05, 0.1) is 31.7 Å². The number of hydrogen-bond donors (Lipinski definition) is 3. The minimum absolute atomic E-state index is 0.135. The molecule has 0 aromatic heterocycles. The zero-order valence-electron chi connectivity index (χ0n) is 14.8. The molecule has 0 aromatic carbocycles. The Bertz CT molecular complexity index is 488. The lowest BCUT2D eigenvalue weighted by Gasteiger charge is -2.28. The van der Waals surface area contributed by atoms with Crippen molar-refractivity contribution in [2.24, 2.45) is 11.8 Å². The molecule has 0 amide bonds. The van der Waals surface area contributed by atoms with Crippen molar-refractivity contribution in [1.82, 2.24) is 0 Å². The molecule has 8 heteroatoms. The Balaban J connectivity index is 2.41. The van der Waals surface area contributed by atoms with Crippen LogP contribution in [0.1, 0.15) is 32.1 Å². The summed E-state index contributed by atoms with van der Waals surface area (Å²) in [6, 6.07) is 0. The number of aliphatic hydroxyl groups excluding tert-OH is 3. The lowest BCUT2D eigenvalue weighted by molar-refractivity contribution is -0.165. The van der Waals surface area contributed by atoms with Crippen molar-refractivity contribution in [3.8, 4) is 0 Å². The normalized spacial score (nSPS) is 21.5. The van der Waals surface area contributed by atoms with Crippen molar-refractivity contribution in [3.05, 3.63) is 24.7 Å². The van der Waals surface area contributed by atoms with Gasteiger partial charge in [-0.05, 0) is 18.9 Å².